The average molecular weight is 245 g/mol. The molecule has 0 amide bonds. The van der Waals surface area contributed by atoms with Crippen LogP contribution in [0.1, 0.15) is 0 Å². The van der Waals surface area contributed by atoms with Crippen LogP contribution < -0.4 is 4.74 Å². The van der Waals surface area contributed by atoms with E-state index in [2.05, 4.69) is 11.6 Å². The van der Waals surface area contributed by atoms with Crippen LogP contribution in [0.4, 0.5) is 0 Å². The van der Waals surface area contributed by atoms with Gasteiger partial charge >= 0.3 is 0 Å². The zero-order valence-electron chi connectivity index (χ0n) is 10.2. The molecule has 0 fully saturated rings. The number of methoxy groups -OCH3 is 1. The Labute approximate surface area is 106 Å². The lowest BCUT2D eigenvalue weighted by Gasteiger charge is -2.16. The molecule has 0 radical (unpaired) electrons. The SMILES string of the molecule is C=COC(COc1ccnc2ccccc12)OC. The van der Waals surface area contributed by atoms with Crippen LogP contribution in [-0.4, -0.2) is 25.0 Å². The predicted octanol–water partition coefficient (Wildman–Crippen LogP) is 2.75. The molecule has 4 nitrogen and oxygen atoms in total. The quantitative estimate of drug-likeness (QED) is 0.579. The molecule has 1 aromatic carbocycles. The van der Waals surface area contributed by atoms with Crippen LogP contribution in [0.25, 0.3) is 10.9 Å². The smallest absolute Gasteiger partial charge is 0.233 e. The van der Waals surface area contributed by atoms with Crippen molar-refractivity contribution in [3.8, 4) is 5.75 Å². The van der Waals surface area contributed by atoms with Gasteiger partial charge < -0.3 is 14.2 Å². The topological polar surface area (TPSA) is 40.6 Å². The van der Waals surface area contributed by atoms with Crippen LogP contribution in [0.3, 0.4) is 0 Å². The number of rotatable bonds is 6. The molecule has 94 valence electrons. The zero-order valence-corrected chi connectivity index (χ0v) is 10.2. The van der Waals surface area contributed by atoms with Crippen molar-refractivity contribution in [2.75, 3.05) is 13.7 Å². The van der Waals surface area contributed by atoms with E-state index in [-0.39, 0.29) is 6.61 Å². The molecule has 4 heteroatoms. The summed E-state index contributed by atoms with van der Waals surface area (Å²) in [5, 5.41) is 0.966. The molecule has 1 heterocycles. The first-order chi connectivity index (χ1) is 8.85. The Morgan fingerprint density at radius 1 is 1.33 bits per heavy atom. The maximum Gasteiger partial charge on any atom is 0.233 e. The maximum absolute atomic E-state index is 5.69. The monoisotopic (exact) mass is 245 g/mol. The lowest BCUT2D eigenvalue weighted by Crippen LogP contribution is -2.21. The molecule has 0 saturated heterocycles. The zero-order chi connectivity index (χ0) is 12.8. The summed E-state index contributed by atoms with van der Waals surface area (Å²) in [6, 6.07) is 9.62. The Kier molecular flexibility index (Phi) is 4.15. The van der Waals surface area contributed by atoms with Gasteiger partial charge in [-0.15, -0.1) is 0 Å². The second kappa shape index (κ2) is 6.02. The lowest BCUT2D eigenvalue weighted by atomic mass is 10.2. The Balaban J connectivity index is 2.14. The minimum Gasteiger partial charge on any atom is -0.486 e. The van der Waals surface area contributed by atoms with Gasteiger partial charge in [0.15, 0.2) is 6.61 Å². The van der Waals surface area contributed by atoms with Crippen LogP contribution in [0.15, 0.2) is 49.4 Å². The van der Waals surface area contributed by atoms with Crippen molar-refractivity contribution in [3.63, 3.8) is 0 Å². The first kappa shape index (κ1) is 12.4. The summed E-state index contributed by atoms with van der Waals surface area (Å²) < 4.78 is 15.9. The molecule has 0 aliphatic rings. The summed E-state index contributed by atoms with van der Waals surface area (Å²) in [5.41, 5.74) is 0.897. The van der Waals surface area contributed by atoms with Crippen LogP contribution in [0, 0.1) is 0 Å². The second-order valence-corrected chi connectivity index (χ2v) is 3.61. The van der Waals surface area contributed by atoms with Gasteiger partial charge in [0.25, 0.3) is 0 Å². The number of nitrogens with zero attached hydrogens (tertiary/aromatic N) is 1. The van der Waals surface area contributed by atoms with Crippen LogP contribution in [0.2, 0.25) is 0 Å². The van der Waals surface area contributed by atoms with Gasteiger partial charge in [0, 0.05) is 18.7 Å². The van der Waals surface area contributed by atoms with Gasteiger partial charge in [0.05, 0.1) is 11.8 Å². The van der Waals surface area contributed by atoms with E-state index in [9.17, 15) is 0 Å². The Bertz CT molecular complexity index is 522. The van der Waals surface area contributed by atoms with Crippen molar-refractivity contribution in [2.45, 2.75) is 6.29 Å². The lowest BCUT2D eigenvalue weighted by molar-refractivity contribution is -0.104. The Morgan fingerprint density at radius 2 is 2.17 bits per heavy atom. The molecule has 0 bridgehead atoms. The highest BCUT2D eigenvalue weighted by Crippen LogP contribution is 2.23. The number of hydrogen-bond acceptors (Lipinski definition) is 4. The fourth-order valence-electron chi connectivity index (χ4n) is 1.62. The molecule has 0 N–H and O–H groups in total. The average Bonchev–Trinajstić information content (AvgIpc) is 2.43. The number of benzene rings is 1. The number of ether oxygens (including phenoxy) is 3. The number of aromatic nitrogens is 1. The first-order valence-corrected chi connectivity index (χ1v) is 5.61. The standard InChI is InChI=1S/C14H15NO3/c1-3-17-14(16-2)10-18-13-8-9-15-12-7-5-4-6-11(12)13/h3-9,14H,1,10H2,2H3. The summed E-state index contributed by atoms with van der Waals surface area (Å²) in [4.78, 5) is 4.27. The highest BCUT2D eigenvalue weighted by molar-refractivity contribution is 5.84. The van der Waals surface area contributed by atoms with Crippen molar-refractivity contribution in [1.82, 2.24) is 4.98 Å². The normalized spacial score (nSPS) is 12.1. The summed E-state index contributed by atoms with van der Waals surface area (Å²) in [6.07, 6.45) is 2.59. The minimum absolute atomic E-state index is 0.288. The molecule has 1 aromatic heterocycles. The molecule has 2 rings (SSSR count). The highest BCUT2D eigenvalue weighted by atomic mass is 16.7. The molecular weight excluding hydrogens is 230 g/mol. The van der Waals surface area contributed by atoms with Gasteiger partial charge in [-0.3, -0.25) is 4.98 Å². The van der Waals surface area contributed by atoms with Gasteiger partial charge in [-0.05, 0) is 18.2 Å². The second-order valence-electron chi connectivity index (χ2n) is 3.61. The van der Waals surface area contributed by atoms with Crippen molar-refractivity contribution >= 4 is 10.9 Å². The van der Waals surface area contributed by atoms with Gasteiger partial charge in [-0.2, -0.15) is 0 Å². The largest absolute Gasteiger partial charge is 0.486 e. The maximum atomic E-state index is 5.69. The molecule has 0 saturated carbocycles. The van der Waals surface area contributed by atoms with Crippen LogP contribution in [-0.2, 0) is 9.47 Å². The van der Waals surface area contributed by atoms with E-state index >= 15 is 0 Å². The van der Waals surface area contributed by atoms with E-state index in [1.807, 2.05) is 30.3 Å². The fourth-order valence-corrected chi connectivity index (χ4v) is 1.62. The predicted molar refractivity (Wildman–Crippen MR) is 69.3 cm³/mol. The summed E-state index contributed by atoms with van der Waals surface area (Å²) in [7, 11) is 1.56. The van der Waals surface area contributed by atoms with Crippen LogP contribution >= 0.6 is 0 Å². The van der Waals surface area contributed by atoms with Crippen molar-refractivity contribution in [2.24, 2.45) is 0 Å². The third-order valence-corrected chi connectivity index (χ3v) is 2.49. The van der Waals surface area contributed by atoms with E-state index in [4.69, 9.17) is 14.2 Å². The van der Waals surface area contributed by atoms with E-state index in [0.29, 0.717) is 0 Å². The number of pyridine rings is 1. The van der Waals surface area contributed by atoms with Crippen molar-refractivity contribution in [3.05, 3.63) is 49.4 Å². The molecule has 0 aliphatic heterocycles. The van der Waals surface area contributed by atoms with Gasteiger partial charge in [0.2, 0.25) is 6.29 Å². The molecule has 18 heavy (non-hydrogen) atoms. The van der Waals surface area contributed by atoms with E-state index in [0.717, 1.165) is 16.7 Å². The minimum atomic E-state index is -0.463. The van der Waals surface area contributed by atoms with Crippen LogP contribution in [0.5, 0.6) is 5.75 Å². The number of para-hydroxylation sites is 1. The van der Waals surface area contributed by atoms with Gasteiger partial charge in [-0.1, -0.05) is 18.7 Å². The Morgan fingerprint density at radius 3 is 2.94 bits per heavy atom. The van der Waals surface area contributed by atoms with E-state index in [1.54, 1.807) is 13.3 Å². The molecule has 0 spiro atoms. The van der Waals surface area contributed by atoms with Gasteiger partial charge in [0.1, 0.15) is 5.75 Å². The third-order valence-electron chi connectivity index (χ3n) is 2.49. The molecule has 2 aromatic rings. The fraction of sp³-hybridized carbons (Fsp3) is 0.214. The molecular formula is C14H15NO3. The number of hydrogen-bond donors (Lipinski definition) is 0. The van der Waals surface area contributed by atoms with Gasteiger partial charge in [-0.25, -0.2) is 0 Å². The summed E-state index contributed by atoms with van der Waals surface area (Å²) in [6.45, 7) is 3.77. The molecule has 0 aliphatic carbocycles. The highest BCUT2D eigenvalue weighted by Gasteiger charge is 2.09. The third kappa shape index (κ3) is 2.78. The first-order valence-electron chi connectivity index (χ1n) is 5.61. The molecule has 1 unspecified atom stereocenters. The number of fused-ring (bicyclic) bond motifs is 1. The summed E-state index contributed by atoms with van der Waals surface area (Å²) in [5.74, 6) is 0.760. The van der Waals surface area contributed by atoms with Crippen molar-refractivity contribution in [1.29, 1.82) is 0 Å². The Hall–Kier alpha value is -2.07. The van der Waals surface area contributed by atoms with Crippen molar-refractivity contribution < 1.29 is 14.2 Å². The molecule has 1 atom stereocenters. The summed E-state index contributed by atoms with van der Waals surface area (Å²) >= 11 is 0. The van der Waals surface area contributed by atoms with E-state index in [1.165, 1.54) is 6.26 Å². The van der Waals surface area contributed by atoms with E-state index < -0.39 is 6.29 Å².